The molecule has 0 aliphatic carbocycles. The Bertz CT molecular complexity index is 571. The van der Waals surface area contributed by atoms with Gasteiger partial charge in [-0.15, -0.1) is 11.8 Å². The maximum absolute atomic E-state index is 14.0. The SMILES string of the molecule is CNC(C)c1c(F)cccc1Oc1ccc(SC)cc1. The molecule has 106 valence electrons. The Morgan fingerprint density at radius 2 is 1.85 bits per heavy atom. The average Bonchev–Trinajstić information content (AvgIpc) is 2.47. The molecule has 0 aliphatic heterocycles. The summed E-state index contributed by atoms with van der Waals surface area (Å²) in [6, 6.07) is 12.5. The molecular weight excluding hydrogens is 273 g/mol. The van der Waals surface area contributed by atoms with Crippen LogP contribution in [0.5, 0.6) is 11.5 Å². The van der Waals surface area contributed by atoms with Crippen LogP contribution >= 0.6 is 11.8 Å². The van der Waals surface area contributed by atoms with Gasteiger partial charge in [0.15, 0.2) is 0 Å². The van der Waals surface area contributed by atoms with Crippen LogP contribution in [0.2, 0.25) is 0 Å². The molecule has 4 heteroatoms. The summed E-state index contributed by atoms with van der Waals surface area (Å²) in [6.45, 7) is 1.90. The summed E-state index contributed by atoms with van der Waals surface area (Å²) in [5, 5.41) is 3.04. The van der Waals surface area contributed by atoms with E-state index in [1.54, 1.807) is 30.9 Å². The van der Waals surface area contributed by atoms with Gasteiger partial charge in [-0.1, -0.05) is 6.07 Å². The predicted molar refractivity (Wildman–Crippen MR) is 82.2 cm³/mol. The second kappa shape index (κ2) is 6.77. The quantitative estimate of drug-likeness (QED) is 0.812. The zero-order valence-corrected chi connectivity index (χ0v) is 12.6. The Kier molecular flexibility index (Phi) is 5.04. The molecule has 0 amide bonds. The highest BCUT2D eigenvalue weighted by atomic mass is 32.2. The summed E-state index contributed by atoms with van der Waals surface area (Å²) in [4.78, 5) is 1.17. The molecule has 1 atom stereocenters. The molecule has 2 aromatic carbocycles. The fourth-order valence-corrected chi connectivity index (χ4v) is 2.35. The zero-order valence-electron chi connectivity index (χ0n) is 11.8. The molecule has 0 spiro atoms. The van der Waals surface area contributed by atoms with E-state index in [1.165, 1.54) is 11.0 Å². The molecule has 1 unspecified atom stereocenters. The lowest BCUT2D eigenvalue weighted by atomic mass is 10.1. The molecule has 0 saturated carbocycles. The molecule has 2 rings (SSSR count). The van der Waals surface area contributed by atoms with Crippen molar-refractivity contribution in [1.29, 1.82) is 0 Å². The van der Waals surface area contributed by atoms with Crippen molar-refractivity contribution in [2.75, 3.05) is 13.3 Å². The van der Waals surface area contributed by atoms with E-state index in [-0.39, 0.29) is 11.9 Å². The zero-order chi connectivity index (χ0) is 14.5. The van der Waals surface area contributed by atoms with Crippen molar-refractivity contribution >= 4 is 11.8 Å². The minimum atomic E-state index is -0.259. The fraction of sp³-hybridized carbons (Fsp3) is 0.250. The van der Waals surface area contributed by atoms with Gasteiger partial charge in [-0.3, -0.25) is 0 Å². The number of hydrogen-bond donors (Lipinski definition) is 1. The lowest BCUT2D eigenvalue weighted by Gasteiger charge is -2.17. The maximum atomic E-state index is 14.0. The van der Waals surface area contributed by atoms with Crippen LogP contribution in [-0.4, -0.2) is 13.3 Å². The van der Waals surface area contributed by atoms with Crippen molar-refractivity contribution in [1.82, 2.24) is 5.32 Å². The Hall–Kier alpha value is -1.52. The van der Waals surface area contributed by atoms with Gasteiger partial charge in [0.2, 0.25) is 0 Å². The summed E-state index contributed by atoms with van der Waals surface area (Å²) >= 11 is 1.67. The van der Waals surface area contributed by atoms with Gasteiger partial charge in [0.1, 0.15) is 17.3 Å². The Balaban J connectivity index is 2.30. The predicted octanol–water partition coefficient (Wildman–Crippen LogP) is 4.62. The normalized spacial score (nSPS) is 12.2. The minimum Gasteiger partial charge on any atom is -0.457 e. The van der Waals surface area contributed by atoms with Crippen LogP contribution in [0.4, 0.5) is 4.39 Å². The molecule has 2 aromatic rings. The maximum Gasteiger partial charge on any atom is 0.135 e. The average molecular weight is 291 g/mol. The van der Waals surface area contributed by atoms with Crippen molar-refractivity contribution in [2.24, 2.45) is 0 Å². The summed E-state index contributed by atoms with van der Waals surface area (Å²) in [6.07, 6.45) is 2.02. The molecular formula is C16H18FNOS. The van der Waals surface area contributed by atoms with Crippen LogP contribution in [0.1, 0.15) is 18.5 Å². The first-order valence-electron chi connectivity index (χ1n) is 6.43. The number of thioether (sulfide) groups is 1. The van der Waals surface area contributed by atoms with Gasteiger partial charge in [0.05, 0.1) is 0 Å². The molecule has 0 heterocycles. The van der Waals surface area contributed by atoms with E-state index in [0.29, 0.717) is 17.1 Å². The molecule has 0 aromatic heterocycles. The molecule has 0 radical (unpaired) electrons. The van der Waals surface area contributed by atoms with E-state index in [4.69, 9.17) is 4.74 Å². The van der Waals surface area contributed by atoms with Crippen LogP contribution in [0.15, 0.2) is 47.4 Å². The Labute approximate surface area is 123 Å². The van der Waals surface area contributed by atoms with Crippen molar-refractivity contribution in [3.05, 3.63) is 53.8 Å². The highest BCUT2D eigenvalue weighted by molar-refractivity contribution is 7.98. The molecule has 20 heavy (non-hydrogen) atoms. The van der Waals surface area contributed by atoms with E-state index in [9.17, 15) is 4.39 Å². The largest absolute Gasteiger partial charge is 0.457 e. The van der Waals surface area contributed by atoms with Crippen LogP contribution in [0.3, 0.4) is 0 Å². The van der Waals surface area contributed by atoms with Gasteiger partial charge < -0.3 is 10.1 Å². The smallest absolute Gasteiger partial charge is 0.135 e. The summed E-state index contributed by atoms with van der Waals surface area (Å²) < 4.78 is 19.8. The first kappa shape index (κ1) is 14.9. The lowest BCUT2D eigenvalue weighted by molar-refractivity contribution is 0.452. The highest BCUT2D eigenvalue weighted by Crippen LogP contribution is 2.32. The highest BCUT2D eigenvalue weighted by Gasteiger charge is 2.15. The van der Waals surface area contributed by atoms with E-state index in [2.05, 4.69) is 5.32 Å². The Morgan fingerprint density at radius 3 is 2.45 bits per heavy atom. The third-order valence-corrected chi connectivity index (χ3v) is 3.91. The number of hydrogen-bond acceptors (Lipinski definition) is 3. The van der Waals surface area contributed by atoms with Gasteiger partial charge >= 0.3 is 0 Å². The third kappa shape index (κ3) is 3.32. The van der Waals surface area contributed by atoms with Crippen LogP contribution in [0.25, 0.3) is 0 Å². The molecule has 2 nitrogen and oxygen atoms in total. The monoisotopic (exact) mass is 291 g/mol. The van der Waals surface area contributed by atoms with Gasteiger partial charge in [0.25, 0.3) is 0 Å². The van der Waals surface area contributed by atoms with Crippen molar-refractivity contribution in [3.8, 4) is 11.5 Å². The number of benzene rings is 2. The van der Waals surface area contributed by atoms with Crippen LogP contribution in [0, 0.1) is 5.82 Å². The van der Waals surface area contributed by atoms with Crippen LogP contribution < -0.4 is 10.1 Å². The first-order chi connectivity index (χ1) is 9.65. The van der Waals surface area contributed by atoms with Gasteiger partial charge in [-0.05, 0) is 56.6 Å². The number of ether oxygens (including phenoxy) is 1. The summed E-state index contributed by atoms with van der Waals surface area (Å²) in [7, 11) is 1.80. The van der Waals surface area contributed by atoms with Crippen LogP contribution in [-0.2, 0) is 0 Å². The standard InChI is InChI=1S/C16H18FNOS/c1-11(18-2)16-14(17)5-4-6-15(16)19-12-7-9-13(20-3)10-8-12/h4-11,18H,1-3H3. The molecule has 1 N–H and O–H groups in total. The molecule has 0 saturated heterocycles. The second-order valence-electron chi connectivity index (χ2n) is 4.44. The van der Waals surface area contributed by atoms with E-state index < -0.39 is 0 Å². The van der Waals surface area contributed by atoms with E-state index in [1.807, 2.05) is 37.4 Å². The number of halogens is 1. The lowest BCUT2D eigenvalue weighted by Crippen LogP contribution is -2.14. The summed E-state index contributed by atoms with van der Waals surface area (Å²) in [5.41, 5.74) is 0.545. The fourth-order valence-electron chi connectivity index (χ4n) is 1.94. The number of nitrogens with one attached hydrogen (secondary N) is 1. The van der Waals surface area contributed by atoms with Crippen molar-refractivity contribution in [3.63, 3.8) is 0 Å². The minimum absolute atomic E-state index is 0.114. The second-order valence-corrected chi connectivity index (χ2v) is 5.32. The first-order valence-corrected chi connectivity index (χ1v) is 7.65. The third-order valence-electron chi connectivity index (χ3n) is 3.17. The topological polar surface area (TPSA) is 21.3 Å². The van der Waals surface area contributed by atoms with Crippen molar-refractivity contribution in [2.45, 2.75) is 17.9 Å². The van der Waals surface area contributed by atoms with E-state index >= 15 is 0 Å². The molecule has 0 bridgehead atoms. The Morgan fingerprint density at radius 1 is 1.15 bits per heavy atom. The van der Waals surface area contributed by atoms with Crippen molar-refractivity contribution < 1.29 is 9.13 Å². The van der Waals surface area contributed by atoms with Gasteiger partial charge in [-0.2, -0.15) is 0 Å². The number of rotatable bonds is 5. The van der Waals surface area contributed by atoms with E-state index in [0.717, 1.165) is 0 Å². The van der Waals surface area contributed by atoms with Gasteiger partial charge in [0, 0.05) is 16.5 Å². The summed E-state index contributed by atoms with van der Waals surface area (Å²) in [5.74, 6) is 0.992. The molecule has 0 aliphatic rings. The van der Waals surface area contributed by atoms with Gasteiger partial charge in [-0.25, -0.2) is 4.39 Å². The molecule has 0 fully saturated rings.